The second-order valence-corrected chi connectivity index (χ2v) is 3.79. The van der Waals surface area contributed by atoms with Crippen LogP contribution in [0.3, 0.4) is 0 Å². The summed E-state index contributed by atoms with van der Waals surface area (Å²) in [4.78, 5) is 11.9. The van der Waals surface area contributed by atoms with Gasteiger partial charge in [-0.05, 0) is 42.5 Å². The summed E-state index contributed by atoms with van der Waals surface area (Å²) in [5.41, 5.74) is 1.90. The van der Waals surface area contributed by atoms with Gasteiger partial charge in [-0.25, -0.2) is 4.39 Å². The van der Waals surface area contributed by atoms with Crippen LogP contribution in [0.4, 0.5) is 15.8 Å². The van der Waals surface area contributed by atoms with Gasteiger partial charge < -0.3 is 10.6 Å². The van der Waals surface area contributed by atoms with Crippen molar-refractivity contribution in [1.82, 2.24) is 0 Å². The second kappa shape index (κ2) is 5.31. The monoisotopic (exact) mass is 244 g/mol. The molecule has 18 heavy (non-hydrogen) atoms. The van der Waals surface area contributed by atoms with Crippen molar-refractivity contribution < 1.29 is 9.18 Å². The number of anilines is 2. The minimum absolute atomic E-state index is 0.261. The Balaban J connectivity index is 2.11. The van der Waals surface area contributed by atoms with E-state index in [1.54, 1.807) is 36.4 Å². The summed E-state index contributed by atoms with van der Waals surface area (Å²) in [6.45, 7) is 0. The molecule has 0 unspecified atom stereocenters. The van der Waals surface area contributed by atoms with Crippen LogP contribution in [0.5, 0.6) is 0 Å². The molecule has 0 radical (unpaired) electrons. The van der Waals surface area contributed by atoms with E-state index in [2.05, 4.69) is 10.6 Å². The lowest BCUT2D eigenvalue weighted by molar-refractivity contribution is 0.102. The molecule has 0 heterocycles. The molecule has 4 heteroatoms. The van der Waals surface area contributed by atoms with Gasteiger partial charge in [0.1, 0.15) is 5.82 Å². The summed E-state index contributed by atoms with van der Waals surface area (Å²) in [5.74, 6) is -0.637. The maximum absolute atomic E-state index is 13.0. The van der Waals surface area contributed by atoms with E-state index in [1.165, 1.54) is 12.1 Å². The highest BCUT2D eigenvalue weighted by Crippen LogP contribution is 2.13. The Morgan fingerprint density at radius 2 is 1.78 bits per heavy atom. The second-order valence-electron chi connectivity index (χ2n) is 3.79. The SMILES string of the molecule is CNc1ccc(C(=O)Nc2cccc(F)c2)cc1. The summed E-state index contributed by atoms with van der Waals surface area (Å²) in [6.07, 6.45) is 0. The third kappa shape index (κ3) is 2.85. The van der Waals surface area contributed by atoms with Gasteiger partial charge in [0.15, 0.2) is 0 Å². The lowest BCUT2D eigenvalue weighted by Crippen LogP contribution is -2.11. The molecule has 0 saturated heterocycles. The largest absolute Gasteiger partial charge is 0.388 e. The van der Waals surface area contributed by atoms with Crippen LogP contribution < -0.4 is 10.6 Å². The molecule has 1 amide bonds. The van der Waals surface area contributed by atoms with Gasteiger partial charge in [-0.2, -0.15) is 0 Å². The van der Waals surface area contributed by atoms with Gasteiger partial charge in [0, 0.05) is 24.0 Å². The van der Waals surface area contributed by atoms with E-state index in [9.17, 15) is 9.18 Å². The summed E-state index contributed by atoms with van der Waals surface area (Å²) in [6, 6.07) is 12.8. The number of rotatable bonds is 3. The number of halogens is 1. The maximum Gasteiger partial charge on any atom is 0.255 e. The van der Waals surface area contributed by atoms with Crippen LogP contribution in [0.15, 0.2) is 48.5 Å². The Kier molecular flexibility index (Phi) is 3.57. The summed E-state index contributed by atoms with van der Waals surface area (Å²) < 4.78 is 13.0. The van der Waals surface area contributed by atoms with Crippen molar-refractivity contribution in [1.29, 1.82) is 0 Å². The first-order chi connectivity index (χ1) is 8.69. The summed E-state index contributed by atoms with van der Waals surface area (Å²) >= 11 is 0. The average molecular weight is 244 g/mol. The van der Waals surface area contributed by atoms with E-state index in [0.29, 0.717) is 11.3 Å². The predicted octanol–water partition coefficient (Wildman–Crippen LogP) is 3.12. The molecular formula is C14H13FN2O. The molecule has 0 saturated carbocycles. The van der Waals surface area contributed by atoms with Crippen molar-refractivity contribution in [3.05, 3.63) is 59.9 Å². The van der Waals surface area contributed by atoms with Crippen molar-refractivity contribution in [2.75, 3.05) is 17.7 Å². The van der Waals surface area contributed by atoms with Gasteiger partial charge >= 0.3 is 0 Å². The highest BCUT2D eigenvalue weighted by molar-refractivity contribution is 6.04. The van der Waals surface area contributed by atoms with E-state index < -0.39 is 0 Å². The highest BCUT2D eigenvalue weighted by atomic mass is 19.1. The molecule has 0 aliphatic rings. The molecule has 0 spiro atoms. The normalized spacial score (nSPS) is 9.89. The van der Waals surface area contributed by atoms with Crippen LogP contribution in [0.1, 0.15) is 10.4 Å². The molecule has 0 aliphatic carbocycles. The smallest absolute Gasteiger partial charge is 0.255 e. The molecule has 2 N–H and O–H groups in total. The number of carbonyl (C=O) groups is 1. The van der Waals surface area contributed by atoms with Crippen LogP contribution in [0.2, 0.25) is 0 Å². The fourth-order valence-corrected chi connectivity index (χ4v) is 1.56. The van der Waals surface area contributed by atoms with E-state index in [0.717, 1.165) is 5.69 Å². The van der Waals surface area contributed by atoms with Gasteiger partial charge in [0.25, 0.3) is 5.91 Å². The third-order valence-corrected chi connectivity index (χ3v) is 2.52. The number of amides is 1. The number of carbonyl (C=O) groups excluding carboxylic acids is 1. The van der Waals surface area contributed by atoms with E-state index in [1.807, 2.05) is 7.05 Å². The molecule has 2 aromatic rings. The fourth-order valence-electron chi connectivity index (χ4n) is 1.56. The zero-order chi connectivity index (χ0) is 13.0. The number of benzene rings is 2. The van der Waals surface area contributed by atoms with E-state index in [-0.39, 0.29) is 11.7 Å². The van der Waals surface area contributed by atoms with Gasteiger partial charge in [-0.15, -0.1) is 0 Å². The minimum atomic E-state index is -0.377. The van der Waals surface area contributed by atoms with Gasteiger partial charge in [-0.1, -0.05) is 6.07 Å². The van der Waals surface area contributed by atoms with Crippen molar-refractivity contribution in [3.63, 3.8) is 0 Å². The highest BCUT2D eigenvalue weighted by Gasteiger charge is 2.06. The Morgan fingerprint density at radius 3 is 2.39 bits per heavy atom. The number of nitrogens with one attached hydrogen (secondary N) is 2. The molecule has 2 aromatic carbocycles. The predicted molar refractivity (Wildman–Crippen MR) is 70.3 cm³/mol. The Hall–Kier alpha value is -2.36. The first kappa shape index (κ1) is 12.1. The average Bonchev–Trinajstić information content (AvgIpc) is 2.39. The summed E-state index contributed by atoms with van der Waals surface area (Å²) in [5, 5.41) is 5.61. The third-order valence-electron chi connectivity index (χ3n) is 2.52. The zero-order valence-electron chi connectivity index (χ0n) is 9.91. The first-order valence-corrected chi connectivity index (χ1v) is 5.54. The molecule has 0 fully saturated rings. The molecule has 0 bridgehead atoms. The topological polar surface area (TPSA) is 41.1 Å². The van der Waals surface area contributed by atoms with Crippen molar-refractivity contribution >= 4 is 17.3 Å². The standard InChI is InChI=1S/C14H13FN2O/c1-16-12-7-5-10(6-8-12)14(18)17-13-4-2-3-11(15)9-13/h2-9,16H,1H3,(H,17,18). The minimum Gasteiger partial charge on any atom is -0.388 e. The Labute approximate surface area is 105 Å². The van der Waals surface area contributed by atoms with E-state index >= 15 is 0 Å². The van der Waals surface area contributed by atoms with Crippen molar-refractivity contribution in [3.8, 4) is 0 Å². The summed E-state index contributed by atoms with van der Waals surface area (Å²) in [7, 11) is 1.81. The molecule has 2 rings (SSSR count). The number of hydrogen-bond acceptors (Lipinski definition) is 2. The van der Waals surface area contributed by atoms with E-state index in [4.69, 9.17) is 0 Å². The molecule has 0 aliphatic heterocycles. The molecular weight excluding hydrogens is 231 g/mol. The van der Waals surface area contributed by atoms with Crippen molar-refractivity contribution in [2.24, 2.45) is 0 Å². The Bertz CT molecular complexity index is 552. The van der Waals surface area contributed by atoms with Crippen LogP contribution >= 0.6 is 0 Å². The number of hydrogen-bond donors (Lipinski definition) is 2. The fraction of sp³-hybridized carbons (Fsp3) is 0.0714. The Morgan fingerprint density at radius 1 is 1.06 bits per heavy atom. The van der Waals surface area contributed by atoms with Crippen LogP contribution in [-0.4, -0.2) is 13.0 Å². The molecule has 3 nitrogen and oxygen atoms in total. The quantitative estimate of drug-likeness (QED) is 0.871. The van der Waals surface area contributed by atoms with Crippen LogP contribution in [0.25, 0.3) is 0 Å². The lowest BCUT2D eigenvalue weighted by atomic mass is 10.2. The lowest BCUT2D eigenvalue weighted by Gasteiger charge is -2.06. The molecule has 92 valence electrons. The van der Waals surface area contributed by atoms with Crippen molar-refractivity contribution in [2.45, 2.75) is 0 Å². The van der Waals surface area contributed by atoms with Gasteiger partial charge in [-0.3, -0.25) is 4.79 Å². The van der Waals surface area contributed by atoms with Gasteiger partial charge in [0.2, 0.25) is 0 Å². The zero-order valence-corrected chi connectivity index (χ0v) is 9.91. The van der Waals surface area contributed by atoms with Crippen LogP contribution in [-0.2, 0) is 0 Å². The molecule has 0 aromatic heterocycles. The van der Waals surface area contributed by atoms with Crippen LogP contribution in [0, 0.1) is 5.82 Å². The van der Waals surface area contributed by atoms with Gasteiger partial charge in [0.05, 0.1) is 0 Å². The molecule has 0 atom stereocenters. The maximum atomic E-state index is 13.0. The first-order valence-electron chi connectivity index (χ1n) is 5.54.